The average Bonchev–Trinajstić information content (AvgIpc) is 2.93. The molecule has 1 aromatic rings. The molecule has 0 radical (unpaired) electrons. The summed E-state index contributed by atoms with van der Waals surface area (Å²) < 4.78 is 23.2. The third kappa shape index (κ3) is 3.92. The molecule has 1 fully saturated rings. The van der Waals surface area contributed by atoms with Crippen LogP contribution in [0.1, 0.15) is 17.7 Å². The number of carbonyl (C=O) groups excluding carboxylic acids is 1. The molecule has 0 N–H and O–H groups in total. The molecule has 0 spiro atoms. The molecule has 8 nitrogen and oxygen atoms in total. The van der Waals surface area contributed by atoms with Crippen LogP contribution in [-0.2, 0) is 27.6 Å². The van der Waals surface area contributed by atoms with E-state index in [0.29, 0.717) is 19.5 Å². The largest absolute Gasteiger partial charge is 0.362 e. The molecular formula is C16H25N5O3S. The van der Waals surface area contributed by atoms with Crippen LogP contribution < -0.4 is 4.90 Å². The van der Waals surface area contributed by atoms with Crippen molar-refractivity contribution < 1.29 is 13.2 Å². The van der Waals surface area contributed by atoms with E-state index in [2.05, 4.69) is 9.97 Å². The zero-order valence-electron chi connectivity index (χ0n) is 15.0. The fourth-order valence-corrected chi connectivity index (χ4v) is 5.31. The summed E-state index contributed by atoms with van der Waals surface area (Å²) in [5.74, 6) is 1.30. The number of hydrogen-bond acceptors (Lipinski definition) is 7. The summed E-state index contributed by atoms with van der Waals surface area (Å²) in [6.07, 6.45) is 2.88. The predicted molar refractivity (Wildman–Crippen MR) is 95.2 cm³/mol. The van der Waals surface area contributed by atoms with Crippen LogP contribution in [0, 0.1) is 0 Å². The summed E-state index contributed by atoms with van der Waals surface area (Å²) in [5, 5.41) is 0. The minimum Gasteiger partial charge on any atom is -0.362 e. The quantitative estimate of drug-likeness (QED) is 0.712. The van der Waals surface area contributed by atoms with Crippen molar-refractivity contribution in [3.8, 4) is 0 Å². The van der Waals surface area contributed by atoms with Crippen LogP contribution in [0.2, 0.25) is 0 Å². The standard InChI is InChI=1S/C16H25N5O3S/c1-19(2)16-13-4-6-21(8-14(13)17-11-18-16)15(22)9-20(3)12-5-7-25(23,24)10-12/h11-12H,4-10H2,1-3H3/t12-/m0/s1. The van der Waals surface area contributed by atoms with Crippen LogP contribution in [-0.4, -0.2) is 85.9 Å². The van der Waals surface area contributed by atoms with Crippen LogP contribution in [0.4, 0.5) is 5.82 Å². The van der Waals surface area contributed by atoms with Crippen molar-refractivity contribution in [2.75, 3.05) is 50.6 Å². The number of nitrogens with zero attached hydrogens (tertiary/aromatic N) is 5. The molecule has 2 aliphatic rings. The highest BCUT2D eigenvalue weighted by Crippen LogP contribution is 2.24. The second-order valence-electron chi connectivity index (χ2n) is 7.05. The molecule has 0 aromatic carbocycles. The first-order valence-corrected chi connectivity index (χ1v) is 10.3. The monoisotopic (exact) mass is 367 g/mol. The van der Waals surface area contributed by atoms with Gasteiger partial charge < -0.3 is 9.80 Å². The maximum atomic E-state index is 12.6. The van der Waals surface area contributed by atoms with Gasteiger partial charge in [0.2, 0.25) is 5.91 Å². The van der Waals surface area contributed by atoms with E-state index in [-0.39, 0.29) is 30.0 Å². The Bertz CT molecular complexity index is 765. The highest BCUT2D eigenvalue weighted by molar-refractivity contribution is 7.91. The Hall–Kier alpha value is -1.74. The lowest BCUT2D eigenvalue weighted by atomic mass is 10.1. The summed E-state index contributed by atoms with van der Waals surface area (Å²) in [4.78, 5) is 26.9. The van der Waals surface area contributed by atoms with Crippen LogP contribution in [0.15, 0.2) is 6.33 Å². The van der Waals surface area contributed by atoms with Crippen molar-refractivity contribution in [1.82, 2.24) is 19.8 Å². The Morgan fingerprint density at radius 1 is 1.32 bits per heavy atom. The molecule has 1 saturated heterocycles. The molecule has 0 bridgehead atoms. The Labute approximate surface area is 148 Å². The minimum absolute atomic E-state index is 0.0162. The lowest BCUT2D eigenvalue weighted by Crippen LogP contribution is -2.45. The Balaban J connectivity index is 1.64. The fourth-order valence-electron chi connectivity index (χ4n) is 3.50. The number of aromatic nitrogens is 2. The molecule has 1 amide bonds. The van der Waals surface area contributed by atoms with Gasteiger partial charge >= 0.3 is 0 Å². The van der Waals surface area contributed by atoms with Gasteiger partial charge in [0.25, 0.3) is 0 Å². The summed E-state index contributed by atoms with van der Waals surface area (Å²) in [6.45, 7) is 1.35. The second kappa shape index (κ2) is 6.87. The van der Waals surface area contributed by atoms with Crippen molar-refractivity contribution in [1.29, 1.82) is 0 Å². The van der Waals surface area contributed by atoms with E-state index in [4.69, 9.17) is 0 Å². The molecule has 3 rings (SSSR count). The Morgan fingerprint density at radius 3 is 2.72 bits per heavy atom. The van der Waals surface area contributed by atoms with Crippen molar-refractivity contribution >= 4 is 21.6 Å². The fraction of sp³-hybridized carbons (Fsp3) is 0.688. The van der Waals surface area contributed by atoms with Gasteiger partial charge in [0.05, 0.1) is 30.3 Å². The van der Waals surface area contributed by atoms with E-state index in [1.54, 1.807) is 4.90 Å². The van der Waals surface area contributed by atoms with Crippen molar-refractivity contribution in [3.63, 3.8) is 0 Å². The zero-order valence-corrected chi connectivity index (χ0v) is 15.8. The summed E-state index contributed by atoms with van der Waals surface area (Å²) in [5.41, 5.74) is 2.00. The van der Waals surface area contributed by atoms with Crippen LogP contribution in [0.3, 0.4) is 0 Å². The van der Waals surface area contributed by atoms with Gasteiger partial charge in [0.15, 0.2) is 9.84 Å². The van der Waals surface area contributed by atoms with E-state index in [0.717, 1.165) is 23.5 Å². The molecule has 0 aliphatic carbocycles. The van der Waals surface area contributed by atoms with Crippen LogP contribution in [0.5, 0.6) is 0 Å². The number of hydrogen-bond donors (Lipinski definition) is 0. The summed E-state index contributed by atoms with van der Waals surface area (Å²) in [7, 11) is 2.78. The van der Waals surface area contributed by atoms with E-state index in [9.17, 15) is 13.2 Å². The normalized spacial score (nSPS) is 22.1. The van der Waals surface area contributed by atoms with E-state index in [1.165, 1.54) is 6.33 Å². The SMILES string of the molecule is CN(C)c1ncnc2c1CCN(C(=O)CN(C)[C@H]1CCS(=O)(=O)C1)C2. The third-order valence-electron chi connectivity index (χ3n) is 4.98. The smallest absolute Gasteiger partial charge is 0.237 e. The molecular weight excluding hydrogens is 342 g/mol. The summed E-state index contributed by atoms with van der Waals surface area (Å²) >= 11 is 0. The van der Waals surface area contributed by atoms with Crippen molar-refractivity contribution in [2.24, 2.45) is 0 Å². The molecule has 9 heteroatoms. The Kier molecular flexibility index (Phi) is 4.97. The number of amides is 1. The topological polar surface area (TPSA) is 86.7 Å². The average molecular weight is 367 g/mol. The number of likely N-dealkylation sites (N-methyl/N-ethyl adjacent to an activating group) is 1. The van der Waals surface area contributed by atoms with Gasteiger partial charge in [-0.25, -0.2) is 18.4 Å². The molecule has 3 heterocycles. The van der Waals surface area contributed by atoms with E-state index in [1.807, 2.05) is 30.9 Å². The van der Waals surface area contributed by atoms with Gasteiger partial charge in [-0.1, -0.05) is 0 Å². The van der Waals surface area contributed by atoms with Gasteiger partial charge in [0.1, 0.15) is 12.1 Å². The van der Waals surface area contributed by atoms with Gasteiger partial charge in [-0.3, -0.25) is 9.69 Å². The first-order chi connectivity index (χ1) is 11.8. The maximum absolute atomic E-state index is 12.6. The third-order valence-corrected chi connectivity index (χ3v) is 6.73. The number of sulfone groups is 1. The minimum atomic E-state index is -2.94. The Morgan fingerprint density at radius 2 is 2.08 bits per heavy atom. The predicted octanol–water partition coefficient (Wildman–Crippen LogP) is -0.454. The van der Waals surface area contributed by atoms with E-state index >= 15 is 0 Å². The number of anilines is 1. The number of carbonyl (C=O) groups is 1. The molecule has 2 aliphatic heterocycles. The molecule has 1 atom stereocenters. The molecule has 25 heavy (non-hydrogen) atoms. The molecule has 0 saturated carbocycles. The first kappa shape index (κ1) is 18.1. The van der Waals surface area contributed by atoms with Gasteiger partial charge in [-0.05, 0) is 19.9 Å². The second-order valence-corrected chi connectivity index (χ2v) is 9.28. The highest BCUT2D eigenvalue weighted by atomic mass is 32.2. The maximum Gasteiger partial charge on any atom is 0.237 e. The molecule has 0 unspecified atom stereocenters. The van der Waals surface area contributed by atoms with Crippen molar-refractivity contribution in [3.05, 3.63) is 17.6 Å². The first-order valence-electron chi connectivity index (χ1n) is 8.45. The highest BCUT2D eigenvalue weighted by Gasteiger charge is 2.32. The number of rotatable bonds is 4. The van der Waals surface area contributed by atoms with Gasteiger partial charge in [-0.15, -0.1) is 0 Å². The molecule has 138 valence electrons. The molecule has 1 aromatic heterocycles. The number of fused-ring (bicyclic) bond motifs is 1. The zero-order chi connectivity index (χ0) is 18.2. The van der Waals surface area contributed by atoms with Gasteiger partial charge in [0, 0.05) is 32.2 Å². The lowest BCUT2D eigenvalue weighted by molar-refractivity contribution is -0.133. The van der Waals surface area contributed by atoms with Gasteiger partial charge in [-0.2, -0.15) is 0 Å². The van der Waals surface area contributed by atoms with Crippen LogP contribution in [0.25, 0.3) is 0 Å². The van der Waals surface area contributed by atoms with Crippen LogP contribution >= 0.6 is 0 Å². The lowest BCUT2D eigenvalue weighted by Gasteiger charge is -2.32. The summed E-state index contributed by atoms with van der Waals surface area (Å²) in [6, 6.07) is -0.0614. The van der Waals surface area contributed by atoms with Crippen molar-refractivity contribution in [2.45, 2.75) is 25.4 Å². The van der Waals surface area contributed by atoms with E-state index < -0.39 is 9.84 Å².